The average molecular weight is 247 g/mol. The summed E-state index contributed by atoms with van der Waals surface area (Å²) in [6.45, 7) is 0. The second-order valence-corrected chi connectivity index (χ2v) is 3.68. The number of halogens is 2. The molecular weight excluding hydrogens is 243 g/mol. The zero-order chi connectivity index (χ0) is 10.1. The topological polar surface area (TPSA) is 41.8 Å². The number of hydrogen-bond acceptors (Lipinski definition) is 3. The van der Waals surface area contributed by atoms with Crippen LogP contribution in [-0.2, 0) is 0 Å². The van der Waals surface area contributed by atoms with Crippen molar-refractivity contribution >= 4 is 35.4 Å². The Morgan fingerprint density at radius 2 is 2.14 bits per heavy atom. The van der Waals surface area contributed by atoms with E-state index in [-0.39, 0.29) is 4.84 Å². The van der Waals surface area contributed by atoms with E-state index in [1.165, 1.54) is 0 Å². The lowest BCUT2D eigenvalue weighted by atomic mass is 10.2. The Bertz CT molecular complexity index is 520. The highest BCUT2D eigenvalue weighted by molar-refractivity contribution is 7.71. The minimum atomic E-state index is 0.205. The summed E-state index contributed by atoms with van der Waals surface area (Å²) in [7, 11) is 0. The van der Waals surface area contributed by atoms with Crippen LogP contribution >= 0.6 is 35.4 Å². The SMILES string of the molecule is S=c1[nH]nc(-c2cccc(Cl)c2Cl)o1. The fourth-order valence-corrected chi connectivity index (χ4v) is 1.52. The number of benzene rings is 1. The Morgan fingerprint density at radius 3 is 2.79 bits per heavy atom. The molecule has 1 aromatic carbocycles. The molecule has 3 nitrogen and oxygen atoms in total. The van der Waals surface area contributed by atoms with Gasteiger partial charge in [0.1, 0.15) is 0 Å². The van der Waals surface area contributed by atoms with Gasteiger partial charge in [0, 0.05) is 0 Å². The molecule has 1 N–H and O–H groups in total. The van der Waals surface area contributed by atoms with Crippen LogP contribution in [0.2, 0.25) is 10.0 Å². The normalized spacial score (nSPS) is 10.4. The summed E-state index contributed by atoms with van der Waals surface area (Å²) in [6.07, 6.45) is 0. The van der Waals surface area contributed by atoms with E-state index >= 15 is 0 Å². The monoisotopic (exact) mass is 246 g/mol. The highest BCUT2D eigenvalue weighted by atomic mass is 35.5. The predicted molar refractivity (Wildman–Crippen MR) is 57.1 cm³/mol. The molecule has 0 unspecified atom stereocenters. The van der Waals surface area contributed by atoms with Crippen LogP contribution in [0.25, 0.3) is 11.5 Å². The largest absolute Gasteiger partial charge is 0.409 e. The van der Waals surface area contributed by atoms with Crippen LogP contribution in [-0.4, -0.2) is 10.2 Å². The van der Waals surface area contributed by atoms with Gasteiger partial charge in [-0.25, -0.2) is 5.10 Å². The van der Waals surface area contributed by atoms with E-state index in [2.05, 4.69) is 10.2 Å². The number of rotatable bonds is 1. The van der Waals surface area contributed by atoms with E-state index in [0.29, 0.717) is 21.5 Å². The minimum absolute atomic E-state index is 0.205. The lowest BCUT2D eigenvalue weighted by molar-refractivity contribution is 0.552. The number of H-pyrrole nitrogens is 1. The molecule has 72 valence electrons. The van der Waals surface area contributed by atoms with Crippen LogP contribution in [0.1, 0.15) is 0 Å². The third-order valence-electron chi connectivity index (χ3n) is 1.62. The van der Waals surface area contributed by atoms with Gasteiger partial charge in [0.05, 0.1) is 15.6 Å². The molecule has 0 atom stereocenters. The van der Waals surface area contributed by atoms with Gasteiger partial charge in [-0.2, -0.15) is 0 Å². The molecule has 0 aliphatic carbocycles. The number of nitrogens with zero attached hydrogens (tertiary/aromatic N) is 1. The second kappa shape index (κ2) is 3.73. The number of aromatic nitrogens is 2. The van der Waals surface area contributed by atoms with Crippen LogP contribution in [0.15, 0.2) is 22.6 Å². The summed E-state index contributed by atoms with van der Waals surface area (Å²) in [6, 6.07) is 5.20. The average Bonchev–Trinajstić information content (AvgIpc) is 2.57. The van der Waals surface area contributed by atoms with Crippen molar-refractivity contribution in [3.63, 3.8) is 0 Å². The minimum Gasteiger partial charge on any atom is -0.409 e. The fraction of sp³-hybridized carbons (Fsp3) is 0. The van der Waals surface area contributed by atoms with Crippen LogP contribution in [0.5, 0.6) is 0 Å². The van der Waals surface area contributed by atoms with Crippen LogP contribution in [0.4, 0.5) is 0 Å². The van der Waals surface area contributed by atoms with Crippen molar-refractivity contribution in [3.05, 3.63) is 33.1 Å². The van der Waals surface area contributed by atoms with Gasteiger partial charge in [0.2, 0.25) is 5.89 Å². The summed E-state index contributed by atoms with van der Waals surface area (Å²) >= 11 is 16.5. The van der Waals surface area contributed by atoms with Crippen molar-refractivity contribution in [2.45, 2.75) is 0 Å². The van der Waals surface area contributed by atoms with E-state index in [4.69, 9.17) is 39.8 Å². The van der Waals surface area contributed by atoms with Crippen molar-refractivity contribution in [3.8, 4) is 11.5 Å². The zero-order valence-corrected chi connectivity index (χ0v) is 9.08. The molecule has 2 aromatic rings. The molecule has 0 aliphatic rings. The van der Waals surface area contributed by atoms with Crippen LogP contribution < -0.4 is 0 Å². The molecule has 14 heavy (non-hydrogen) atoms. The van der Waals surface area contributed by atoms with Gasteiger partial charge in [-0.05, 0) is 24.4 Å². The number of hydrogen-bond donors (Lipinski definition) is 1. The molecule has 0 amide bonds. The maximum Gasteiger partial charge on any atom is 0.284 e. The number of aromatic amines is 1. The first-order chi connectivity index (χ1) is 6.68. The Hall–Kier alpha value is -0.840. The molecule has 1 aromatic heterocycles. The summed E-state index contributed by atoms with van der Waals surface area (Å²) in [5.74, 6) is 0.336. The molecule has 0 aliphatic heterocycles. The molecule has 6 heteroatoms. The van der Waals surface area contributed by atoms with Gasteiger partial charge in [-0.3, -0.25) is 0 Å². The Morgan fingerprint density at radius 1 is 1.36 bits per heavy atom. The van der Waals surface area contributed by atoms with Crippen molar-refractivity contribution in [2.75, 3.05) is 0 Å². The standard InChI is InChI=1S/C8H4Cl2N2OS/c9-5-3-1-2-4(6(5)10)7-11-12-8(14)13-7/h1-3H,(H,12,14). The fourth-order valence-electron chi connectivity index (χ4n) is 1.01. The maximum atomic E-state index is 5.96. The van der Waals surface area contributed by atoms with E-state index in [1.807, 2.05) is 0 Å². The van der Waals surface area contributed by atoms with E-state index in [1.54, 1.807) is 18.2 Å². The molecule has 0 bridgehead atoms. The Balaban J connectivity index is 2.62. The third kappa shape index (κ3) is 1.68. The lowest BCUT2D eigenvalue weighted by Gasteiger charge is -1.99. The summed E-state index contributed by atoms with van der Waals surface area (Å²) in [5, 5.41) is 7.21. The van der Waals surface area contributed by atoms with Crippen molar-refractivity contribution in [1.29, 1.82) is 0 Å². The first-order valence-corrected chi connectivity index (χ1v) is 4.85. The maximum absolute atomic E-state index is 5.96. The zero-order valence-electron chi connectivity index (χ0n) is 6.75. The Kier molecular flexibility index (Phi) is 2.58. The highest BCUT2D eigenvalue weighted by Crippen LogP contribution is 2.32. The quantitative estimate of drug-likeness (QED) is 0.781. The molecule has 1 heterocycles. The van der Waals surface area contributed by atoms with Crippen molar-refractivity contribution in [2.24, 2.45) is 0 Å². The van der Waals surface area contributed by atoms with E-state index < -0.39 is 0 Å². The number of nitrogens with one attached hydrogen (secondary N) is 1. The third-order valence-corrected chi connectivity index (χ3v) is 2.61. The molecule has 2 rings (SSSR count). The first kappa shape index (κ1) is 9.71. The van der Waals surface area contributed by atoms with Gasteiger partial charge >= 0.3 is 0 Å². The summed E-state index contributed by atoms with van der Waals surface area (Å²) in [4.78, 5) is 0.205. The lowest BCUT2D eigenvalue weighted by Crippen LogP contribution is -1.80. The summed E-state index contributed by atoms with van der Waals surface area (Å²) in [5.41, 5.74) is 0.617. The van der Waals surface area contributed by atoms with Crippen molar-refractivity contribution in [1.82, 2.24) is 10.2 Å². The summed E-state index contributed by atoms with van der Waals surface area (Å²) < 4.78 is 5.11. The van der Waals surface area contributed by atoms with Gasteiger partial charge in [-0.15, -0.1) is 5.10 Å². The molecular formula is C8H4Cl2N2OS. The van der Waals surface area contributed by atoms with E-state index in [0.717, 1.165) is 0 Å². The van der Waals surface area contributed by atoms with Gasteiger partial charge in [-0.1, -0.05) is 29.3 Å². The van der Waals surface area contributed by atoms with Gasteiger partial charge in [0.25, 0.3) is 4.84 Å². The molecule has 0 saturated carbocycles. The second-order valence-electron chi connectivity index (χ2n) is 2.52. The molecule has 0 radical (unpaired) electrons. The molecule has 0 fully saturated rings. The van der Waals surface area contributed by atoms with Crippen LogP contribution in [0.3, 0.4) is 0 Å². The van der Waals surface area contributed by atoms with Crippen LogP contribution in [0, 0.1) is 4.84 Å². The van der Waals surface area contributed by atoms with Gasteiger partial charge in [0.15, 0.2) is 0 Å². The Labute approximate surface area is 94.7 Å². The predicted octanol–water partition coefficient (Wildman–Crippen LogP) is 3.71. The molecule has 0 saturated heterocycles. The smallest absolute Gasteiger partial charge is 0.284 e. The highest BCUT2D eigenvalue weighted by Gasteiger charge is 2.10. The first-order valence-electron chi connectivity index (χ1n) is 3.68. The molecule has 0 spiro atoms. The van der Waals surface area contributed by atoms with Crippen molar-refractivity contribution < 1.29 is 4.42 Å². The van der Waals surface area contributed by atoms with E-state index in [9.17, 15) is 0 Å². The van der Waals surface area contributed by atoms with Gasteiger partial charge < -0.3 is 4.42 Å².